The molecule has 1 heterocycles. The summed E-state index contributed by atoms with van der Waals surface area (Å²) >= 11 is 0. The molecule has 9 heteroatoms. The Balaban J connectivity index is 1.75. The highest BCUT2D eigenvalue weighted by atomic mass is 16.6. The van der Waals surface area contributed by atoms with Crippen molar-refractivity contribution in [3.05, 3.63) is 69.5 Å². The fraction of sp³-hybridized carbons (Fsp3) is 0.167. The maximum absolute atomic E-state index is 12.3. The largest absolute Gasteiger partial charge is 0.465 e. The van der Waals surface area contributed by atoms with E-state index < -0.39 is 23.0 Å². The molecule has 27 heavy (non-hydrogen) atoms. The van der Waals surface area contributed by atoms with E-state index in [1.807, 2.05) is 0 Å². The summed E-state index contributed by atoms with van der Waals surface area (Å²) in [5, 5.41) is 10.8. The average molecular weight is 369 g/mol. The predicted octanol–water partition coefficient (Wildman–Crippen LogP) is 3.18. The summed E-state index contributed by atoms with van der Waals surface area (Å²) in [7, 11) is 1.27. The fourth-order valence-electron chi connectivity index (χ4n) is 2.47. The molecule has 3 rings (SSSR count). The highest BCUT2D eigenvalue weighted by Crippen LogP contribution is 2.23. The normalized spacial score (nSPS) is 11.8. The molecule has 2 aromatic carbocycles. The fourth-order valence-corrected chi connectivity index (χ4v) is 2.47. The summed E-state index contributed by atoms with van der Waals surface area (Å²) < 4.78 is 9.97. The van der Waals surface area contributed by atoms with Gasteiger partial charge in [-0.25, -0.2) is 14.6 Å². The van der Waals surface area contributed by atoms with Crippen LogP contribution in [0, 0.1) is 10.1 Å². The van der Waals surface area contributed by atoms with Gasteiger partial charge in [0, 0.05) is 12.1 Å². The van der Waals surface area contributed by atoms with E-state index in [-0.39, 0.29) is 11.3 Å². The Morgan fingerprint density at radius 1 is 1.11 bits per heavy atom. The second-order valence-corrected chi connectivity index (χ2v) is 5.70. The first-order valence-corrected chi connectivity index (χ1v) is 7.92. The van der Waals surface area contributed by atoms with E-state index in [1.165, 1.54) is 49.6 Å². The number of aromatic amines is 1. The second kappa shape index (κ2) is 7.24. The summed E-state index contributed by atoms with van der Waals surface area (Å²) in [4.78, 5) is 41.2. The number of nitro groups is 1. The molecular weight excluding hydrogens is 354 g/mol. The number of carbonyl (C=O) groups is 2. The molecule has 3 aromatic rings. The summed E-state index contributed by atoms with van der Waals surface area (Å²) in [6, 6.07) is 10.1. The van der Waals surface area contributed by atoms with Gasteiger partial charge in [0.2, 0.25) is 0 Å². The van der Waals surface area contributed by atoms with Crippen LogP contribution in [0.3, 0.4) is 0 Å². The summed E-state index contributed by atoms with van der Waals surface area (Å²) in [6.45, 7) is 1.63. The number of nitrogens with one attached hydrogen (secondary N) is 1. The number of hydrogen-bond donors (Lipinski definition) is 1. The van der Waals surface area contributed by atoms with E-state index in [0.29, 0.717) is 22.4 Å². The number of imidazole rings is 1. The topological polar surface area (TPSA) is 124 Å². The Morgan fingerprint density at radius 3 is 2.33 bits per heavy atom. The highest BCUT2D eigenvalue weighted by Gasteiger charge is 2.18. The van der Waals surface area contributed by atoms with Crippen molar-refractivity contribution >= 4 is 28.7 Å². The third-order valence-electron chi connectivity index (χ3n) is 3.91. The summed E-state index contributed by atoms with van der Waals surface area (Å²) in [5.74, 6) is -0.727. The Bertz CT molecular complexity index is 1030. The highest BCUT2D eigenvalue weighted by molar-refractivity contribution is 5.93. The minimum Gasteiger partial charge on any atom is -0.465 e. The zero-order chi connectivity index (χ0) is 19.6. The maximum atomic E-state index is 12.3. The van der Waals surface area contributed by atoms with Crippen LogP contribution in [0.25, 0.3) is 11.0 Å². The number of methoxy groups -OCH3 is 1. The second-order valence-electron chi connectivity index (χ2n) is 5.70. The molecule has 1 aromatic heterocycles. The molecule has 0 radical (unpaired) electrons. The molecular formula is C18H15N3O6. The van der Waals surface area contributed by atoms with Gasteiger partial charge in [0.1, 0.15) is 5.82 Å². The minimum atomic E-state index is -0.704. The molecule has 0 unspecified atom stereocenters. The number of benzene rings is 2. The van der Waals surface area contributed by atoms with E-state index in [4.69, 9.17) is 4.74 Å². The molecule has 0 aliphatic carbocycles. The van der Waals surface area contributed by atoms with Gasteiger partial charge in [-0.15, -0.1) is 0 Å². The van der Waals surface area contributed by atoms with Crippen LogP contribution in [-0.4, -0.2) is 33.9 Å². The van der Waals surface area contributed by atoms with E-state index in [0.717, 1.165) is 0 Å². The monoisotopic (exact) mass is 369 g/mol. The number of nitro benzene ring substituents is 1. The standard InChI is InChI=1S/C18H15N3O6/c1-10(16-19-14-8-7-13(21(24)25)9-15(14)20-16)27-18(23)12-5-3-11(4-6-12)17(22)26-2/h3-10H,1-2H3,(H,19,20)/t10-/m1/s1. The van der Waals surface area contributed by atoms with Crippen LogP contribution in [0.4, 0.5) is 5.69 Å². The molecule has 0 fully saturated rings. The molecule has 0 spiro atoms. The lowest BCUT2D eigenvalue weighted by Gasteiger charge is -2.11. The Kier molecular flexibility index (Phi) is 4.84. The Hall–Kier alpha value is -3.75. The van der Waals surface area contributed by atoms with Crippen molar-refractivity contribution in [2.24, 2.45) is 0 Å². The molecule has 0 bridgehead atoms. The first-order valence-electron chi connectivity index (χ1n) is 7.92. The zero-order valence-corrected chi connectivity index (χ0v) is 14.5. The molecule has 0 saturated carbocycles. The zero-order valence-electron chi connectivity index (χ0n) is 14.5. The van der Waals surface area contributed by atoms with Crippen LogP contribution >= 0.6 is 0 Å². The number of non-ortho nitro benzene ring substituents is 1. The Morgan fingerprint density at radius 2 is 1.74 bits per heavy atom. The number of ether oxygens (including phenoxy) is 2. The lowest BCUT2D eigenvalue weighted by Crippen LogP contribution is -2.11. The molecule has 0 amide bonds. The number of esters is 2. The van der Waals surface area contributed by atoms with Gasteiger partial charge >= 0.3 is 11.9 Å². The molecule has 1 atom stereocenters. The van der Waals surface area contributed by atoms with E-state index in [2.05, 4.69) is 14.7 Å². The van der Waals surface area contributed by atoms with Gasteiger partial charge in [-0.05, 0) is 37.3 Å². The van der Waals surface area contributed by atoms with Gasteiger partial charge in [-0.3, -0.25) is 10.1 Å². The van der Waals surface area contributed by atoms with E-state index >= 15 is 0 Å². The van der Waals surface area contributed by atoms with Gasteiger partial charge in [0.25, 0.3) is 5.69 Å². The van der Waals surface area contributed by atoms with Crippen molar-refractivity contribution in [2.45, 2.75) is 13.0 Å². The van der Waals surface area contributed by atoms with Crippen molar-refractivity contribution < 1.29 is 24.0 Å². The first kappa shape index (κ1) is 18.1. The quantitative estimate of drug-likeness (QED) is 0.416. The first-order chi connectivity index (χ1) is 12.9. The SMILES string of the molecule is COC(=O)c1ccc(C(=O)O[C@H](C)c2nc3ccc([N+](=O)[O-])cc3[nH]2)cc1. The van der Waals surface area contributed by atoms with Crippen LogP contribution in [-0.2, 0) is 9.47 Å². The average Bonchev–Trinajstić information content (AvgIpc) is 3.10. The van der Waals surface area contributed by atoms with Crippen molar-refractivity contribution in [1.82, 2.24) is 9.97 Å². The summed E-state index contributed by atoms with van der Waals surface area (Å²) in [5.41, 5.74) is 1.53. The third-order valence-corrected chi connectivity index (χ3v) is 3.91. The number of hydrogen-bond acceptors (Lipinski definition) is 7. The number of fused-ring (bicyclic) bond motifs is 1. The van der Waals surface area contributed by atoms with Crippen molar-refractivity contribution in [3.63, 3.8) is 0 Å². The number of carbonyl (C=O) groups excluding carboxylic acids is 2. The van der Waals surface area contributed by atoms with Crippen LogP contribution in [0.5, 0.6) is 0 Å². The van der Waals surface area contributed by atoms with Crippen LogP contribution in [0.2, 0.25) is 0 Å². The van der Waals surface area contributed by atoms with E-state index in [9.17, 15) is 19.7 Å². The molecule has 9 nitrogen and oxygen atoms in total. The van der Waals surface area contributed by atoms with Gasteiger partial charge in [-0.1, -0.05) is 0 Å². The number of H-pyrrole nitrogens is 1. The molecule has 0 saturated heterocycles. The van der Waals surface area contributed by atoms with Crippen molar-refractivity contribution in [2.75, 3.05) is 7.11 Å². The smallest absolute Gasteiger partial charge is 0.338 e. The molecule has 0 aliphatic rings. The number of rotatable bonds is 5. The van der Waals surface area contributed by atoms with Crippen molar-refractivity contribution in [1.29, 1.82) is 0 Å². The van der Waals surface area contributed by atoms with Gasteiger partial charge < -0.3 is 14.5 Å². The lowest BCUT2D eigenvalue weighted by atomic mass is 10.1. The van der Waals surface area contributed by atoms with E-state index in [1.54, 1.807) is 6.92 Å². The predicted molar refractivity (Wildman–Crippen MR) is 94.4 cm³/mol. The van der Waals surface area contributed by atoms with Crippen LogP contribution in [0.15, 0.2) is 42.5 Å². The minimum absolute atomic E-state index is 0.0620. The number of aromatic nitrogens is 2. The molecule has 0 aliphatic heterocycles. The molecule has 1 N–H and O–H groups in total. The van der Waals surface area contributed by atoms with Crippen molar-refractivity contribution in [3.8, 4) is 0 Å². The van der Waals surface area contributed by atoms with Gasteiger partial charge in [0.05, 0.1) is 34.2 Å². The summed E-state index contributed by atoms with van der Waals surface area (Å²) in [6.07, 6.45) is -0.704. The Labute approximate surface area is 153 Å². The number of nitrogens with zero attached hydrogens (tertiary/aromatic N) is 2. The van der Waals surface area contributed by atoms with Crippen LogP contribution in [0.1, 0.15) is 39.6 Å². The van der Waals surface area contributed by atoms with Gasteiger partial charge in [-0.2, -0.15) is 0 Å². The molecule has 138 valence electrons. The maximum Gasteiger partial charge on any atom is 0.338 e. The van der Waals surface area contributed by atoms with Crippen LogP contribution < -0.4 is 0 Å². The van der Waals surface area contributed by atoms with Gasteiger partial charge in [0.15, 0.2) is 6.10 Å². The lowest BCUT2D eigenvalue weighted by molar-refractivity contribution is -0.384. The third kappa shape index (κ3) is 3.76.